The molecule has 0 spiro atoms. The summed E-state index contributed by atoms with van der Waals surface area (Å²) < 4.78 is 0. The zero-order chi connectivity index (χ0) is 9.14. The first-order valence-corrected chi connectivity index (χ1v) is 4.06. The lowest BCUT2D eigenvalue weighted by atomic mass is 10.1. The molecule has 0 saturated carbocycles. The van der Waals surface area contributed by atoms with Crippen molar-refractivity contribution in [1.29, 1.82) is 0 Å². The minimum absolute atomic E-state index is 0.132. The van der Waals surface area contributed by atoms with Crippen LogP contribution in [0.15, 0.2) is 23.0 Å². The Labute approximate surface area is 75.0 Å². The molecule has 1 rings (SSSR count). The third-order valence-electron chi connectivity index (χ3n) is 1.75. The minimum atomic E-state index is -0.950. The van der Waals surface area contributed by atoms with Gasteiger partial charge >= 0.3 is 5.97 Å². The molecule has 2 N–H and O–H groups in total. The fraction of sp³-hybridized carbons (Fsp3) is 0.375. The molecular formula is C8H9ClO3. The van der Waals surface area contributed by atoms with Crippen LogP contribution < -0.4 is 0 Å². The highest BCUT2D eigenvalue weighted by atomic mass is 35.5. The van der Waals surface area contributed by atoms with Crippen molar-refractivity contribution in [3.8, 4) is 0 Å². The van der Waals surface area contributed by atoms with Gasteiger partial charge in [-0.1, -0.05) is 6.08 Å². The summed E-state index contributed by atoms with van der Waals surface area (Å²) in [5.74, 6) is -0.560. The zero-order valence-corrected chi connectivity index (χ0v) is 7.14. The highest BCUT2D eigenvalue weighted by Crippen LogP contribution is 2.27. The molecule has 0 saturated heterocycles. The Morgan fingerprint density at radius 1 is 1.67 bits per heavy atom. The fourth-order valence-electron chi connectivity index (χ4n) is 1.15. The van der Waals surface area contributed by atoms with Gasteiger partial charge in [0.2, 0.25) is 0 Å². The lowest BCUT2D eigenvalue weighted by Gasteiger charge is -2.02. The number of carbonyl (C=O) groups is 1. The standard InChI is InChI=1S/C8H9ClO3/c9-4-5-1-2-7(10)6(5)3-8(11)12/h1,10H,2-4H2,(H,11,12). The van der Waals surface area contributed by atoms with Crippen LogP contribution >= 0.6 is 11.6 Å². The van der Waals surface area contributed by atoms with E-state index in [9.17, 15) is 9.90 Å². The summed E-state index contributed by atoms with van der Waals surface area (Å²) in [5, 5.41) is 17.7. The molecule has 1 aliphatic carbocycles. The van der Waals surface area contributed by atoms with E-state index in [0.29, 0.717) is 12.0 Å². The highest BCUT2D eigenvalue weighted by molar-refractivity contribution is 6.20. The van der Waals surface area contributed by atoms with Gasteiger partial charge in [-0.15, -0.1) is 11.6 Å². The summed E-state index contributed by atoms with van der Waals surface area (Å²) in [5.41, 5.74) is 1.20. The van der Waals surface area contributed by atoms with Crippen molar-refractivity contribution in [2.24, 2.45) is 0 Å². The van der Waals surface area contributed by atoms with E-state index in [4.69, 9.17) is 16.7 Å². The van der Waals surface area contributed by atoms with Crippen molar-refractivity contribution in [3.05, 3.63) is 23.0 Å². The van der Waals surface area contributed by atoms with E-state index < -0.39 is 5.97 Å². The number of rotatable bonds is 3. The second-order valence-corrected chi connectivity index (χ2v) is 2.83. The van der Waals surface area contributed by atoms with Crippen LogP contribution in [0.25, 0.3) is 0 Å². The quantitative estimate of drug-likeness (QED) is 0.665. The molecule has 0 amide bonds. The molecule has 0 aromatic rings. The number of alkyl halides is 1. The van der Waals surface area contributed by atoms with Gasteiger partial charge in [-0.25, -0.2) is 0 Å². The van der Waals surface area contributed by atoms with E-state index in [2.05, 4.69) is 0 Å². The molecule has 0 aromatic carbocycles. The van der Waals surface area contributed by atoms with Crippen LogP contribution in [0.3, 0.4) is 0 Å². The van der Waals surface area contributed by atoms with Gasteiger partial charge in [0.1, 0.15) is 5.76 Å². The number of hydrogen-bond acceptors (Lipinski definition) is 2. The van der Waals surface area contributed by atoms with E-state index in [1.54, 1.807) is 6.08 Å². The zero-order valence-electron chi connectivity index (χ0n) is 6.38. The van der Waals surface area contributed by atoms with Gasteiger partial charge in [-0.05, 0) is 5.57 Å². The van der Waals surface area contributed by atoms with E-state index in [0.717, 1.165) is 5.57 Å². The predicted octanol–water partition coefficient (Wildman–Crippen LogP) is 1.84. The maximum Gasteiger partial charge on any atom is 0.307 e. The largest absolute Gasteiger partial charge is 0.512 e. The van der Waals surface area contributed by atoms with Crippen LogP contribution in [0.5, 0.6) is 0 Å². The smallest absolute Gasteiger partial charge is 0.307 e. The summed E-state index contributed by atoms with van der Waals surface area (Å²) in [6.45, 7) is 0. The molecule has 0 atom stereocenters. The van der Waals surface area contributed by atoms with Crippen molar-refractivity contribution in [3.63, 3.8) is 0 Å². The highest BCUT2D eigenvalue weighted by Gasteiger charge is 2.18. The molecule has 0 bridgehead atoms. The third-order valence-corrected chi connectivity index (χ3v) is 2.04. The van der Waals surface area contributed by atoms with Gasteiger partial charge in [-0.3, -0.25) is 4.79 Å². The van der Waals surface area contributed by atoms with E-state index in [-0.39, 0.29) is 18.1 Å². The predicted molar refractivity (Wildman–Crippen MR) is 45.3 cm³/mol. The average Bonchev–Trinajstić information content (AvgIpc) is 2.32. The van der Waals surface area contributed by atoms with Gasteiger partial charge in [-0.2, -0.15) is 0 Å². The van der Waals surface area contributed by atoms with Crippen LogP contribution in [0, 0.1) is 0 Å². The van der Waals surface area contributed by atoms with Crippen molar-refractivity contribution in [2.45, 2.75) is 12.8 Å². The average molecular weight is 189 g/mol. The van der Waals surface area contributed by atoms with Gasteiger partial charge in [0.05, 0.1) is 6.42 Å². The first-order valence-electron chi connectivity index (χ1n) is 3.53. The Balaban J connectivity index is 2.78. The topological polar surface area (TPSA) is 57.5 Å². The van der Waals surface area contributed by atoms with Crippen LogP contribution in [-0.2, 0) is 4.79 Å². The summed E-state index contributed by atoms with van der Waals surface area (Å²) in [6, 6.07) is 0. The van der Waals surface area contributed by atoms with Crippen LogP contribution in [0.4, 0.5) is 0 Å². The molecule has 0 aliphatic heterocycles. The Kier molecular flexibility index (Phi) is 2.76. The third kappa shape index (κ3) is 1.80. The maximum absolute atomic E-state index is 10.3. The number of halogens is 1. The lowest BCUT2D eigenvalue weighted by molar-refractivity contribution is -0.136. The first-order chi connectivity index (χ1) is 5.65. The number of aliphatic hydroxyl groups is 1. The molecule has 0 heterocycles. The summed E-state index contributed by atoms with van der Waals surface area (Å²) >= 11 is 5.54. The molecule has 66 valence electrons. The van der Waals surface area contributed by atoms with Crippen LogP contribution in [-0.4, -0.2) is 22.1 Å². The van der Waals surface area contributed by atoms with Gasteiger partial charge < -0.3 is 10.2 Å². The Morgan fingerprint density at radius 3 is 2.83 bits per heavy atom. The summed E-state index contributed by atoms with van der Waals surface area (Å²) in [7, 11) is 0. The Hall–Kier alpha value is -0.960. The Bertz CT molecular complexity index is 265. The number of carboxylic acid groups (broad SMARTS) is 1. The first kappa shape index (κ1) is 9.13. The molecule has 4 heteroatoms. The van der Waals surface area contributed by atoms with Crippen LogP contribution in [0.2, 0.25) is 0 Å². The molecule has 0 fully saturated rings. The van der Waals surface area contributed by atoms with E-state index in [1.165, 1.54) is 0 Å². The second-order valence-electron chi connectivity index (χ2n) is 2.56. The lowest BCUT2D eigenvalue weighted by Crippen LogP contribution is -2.00. The SMILES string of the molecule is O=C(O)CC1=C(O)CC=C1CCl. The van der Waals surface area contributed by atoms with Gasteiger partial charge in [0.25, 0.3) is 0 Å². The summed E-state index contributed by atoms with van der Waals surface area (Å²) in [4.78, 5) is 10.3. The molecule has 0 aromatic heterocycles. The molecular weight excluding hydrogens is 180 g/mol. The van der Waals surface area contributed by atoms with Crippen molar-refractivity contribution < 1.29 is 15.0 Å². The number of hydrogen-bond donors (Lipinski definition) is 2. The summed E-state index contributed by atoms with van der Waals surface area (Å²) in [6.07, 6.45) is 2.01. The maximum atomic E-state index is 10.3. The molecule has 3 nitrogen and oxygen atoms in total. The fourth-order valence-corrected chi connectivity index (χ4v) is 1.42. The number of aliphatic hydroxyl groups excluding tert-OH is 1. The van der Waals surface area contributed by atoms with Crippen molar-refractivity contribution >= 4 is 17.6 Å². The number of allylic oxidation sites excluding steroid dienone is 2. The van der Waals surface area contributed by atoms with Crippen molar-refractivity contribution in [1.82, 2.24) is 0 Å². The minimum Gasteiger partial charge on any atom is -0.512 e. The normalized spacial score (nSPS) is 16.6. The monoisotopic (exact) mass is 188 g/mol. The second kappa shape index (κ2) is 3.63. The molecule has 1 aliphatic rings. The Morgan fingerprint density at radius 2 is 2.33 bits per heavy atom. The number of aliphatic carboxylic acids is 1. The van der Waals surface area contributed by atoms with Crippen LogP contribution in [0.1, 0.15) is 12.8 Å². The van der Waals surface area contributed by atoms with Crippen molar-refractivity contribution in [2.75, 3.05) is 5.88 Å². The van der Waals surface area contributed by atoms with E-state index >= 15 is 0 Å². The van der Waals surface area contributed by atoms with Gasteiger partial charge in [0, 0.05) is 17.9 Å². The molecule has 12 heavy (non-hydrogen) atoms. The van der Waals surface area contributed by atoms with Gasteiger partial charge in [0.15, 0.2) is 0 Å². The molecule has 0 unspecified atom stereocenters. The molecule has 0 radical (unpaired) electrons. The van der Waals surface area contributed by atoms with E-state index in [1.807, 2.05) is 0 Å². The number of carboxylic acids is 1.